The fraction of sp³-hybridized carbons (Fsp3) is 0.267. The average Bonchev–Trinajstić information content (AvgIpc) is 2.40. The lowest BCUT2D eigenvalue weighted by atomic mass is 10.2. The molecule has 1 heterocycles. The van der Waals surface area contributed by atoms with E-state index in [-0.39, 0.29) is 5.82 Å². The zero-order chi connectivity index (χ0) is 13.7. The number of rotatable bonds is 5. The Morgan fingerprint density at radius 1 is 1.16 bits per heavy atom. The van der Waals surface area contributed by atoms with Crippen molar-refractivity contribution in [3.8, 4) is 0 Å². The topological polar surface area (TPSA) is 16.1 Å². The molecule has 0 N–H and O–H groups in total. The largest absolute Gasteiger partial charge is 0.246 e. The summed E-state index contributed by atoms with van der Waals surface area (Å²) >= 11 is 1.63. The Morgan fingerprint density at radius 2 is 1.89 bits per heavy atom. The van der Waals surface area contributed by atoms with Gasteiger partial charge < -0.3 is 0 Å². The summed E-state index contributed by atoms with van der Waals surface area (Å²) in [6, 6.07) is 12.6. The predicted molar refractivity (Wildman–Crippen MR) is 77.3 cm³/mol. The van der Waals surface area contributed by atoms with Gasteiger partial charge in [0.05, 0.1) is 0 Å². The van der Waals surface area contributed by atoms with Crippen molar-refractivity contribution in [1.82, 2.24) is 9.29 Å². The van der Waals surface area contributed by atoms with Gasteiger partial charge in [-0.05, 0) is 48.7 Å². The summed E-state index contributed by atoms with van der Waals surface area (Å²) < 4.78 is 15.1. The molecule has 0 saturated heterocycles. The summed E-state index contributed by atoms with van der Waals surface area (Å²) in [6.45, 7) is 5.77. The number of aryl methyl sites for hydroxylation is 1. The van der Waals surface area contributed by atoms with E-state index >= 15 is 0 Å². The minimum absolute atomic E-state index is 0.195. The number of benzene rings is 1. The standard InChI is InChI=1S/C15H17FN2S/c1-3-18(11-13-7-9-14(16)10-8-13)19-15-6-4-5-12(2)17-15/h4-10H,3,11H2,1-2H3. The number of pyridine rings is 1. The lowest BCUT2D eigenvalue weighted by Crippen LogP contribution is -2.14. The van der Waals surface area contributed by atoms with E-state index in [0.29, 0.717) is 0 Å². The van der Waals surface area contributed by atoms with Crippen LogP contribution in [0.5, 0.6) is 0 Å². The van der Waals surface area contributed by atoms with Gasteiger partial charge >= 0.3 is 0 Å². The quantitative estimate of drug-likeness (QED) is 0.766. The lowest BCUT2D eigenvalue weighted by Gasteiger charge is -2.18. The van der Waals surface area contributed by atoms with Gasteiger partial charge in [0, 0.05) is 18.8 Å². The summed E-state index contributed by atoms with van der Waals surface area (Å²) in [6.07, 6.45) is 0. The van der Waals surface area contributed by atoms with Crippen molar-refractivity contribution in [3.63, 3.8) is 0 Å². The van der Waals surface area contributed by atoms with Crippen LogP contribution in [0.1, 0.15) is 18.2 Å². The normalized spacial score (nSPS) is 10.9. The zero-order valence-corrected chi connectivity index (χ0v) is 12.0. The second kappa shape index (κ2) is 6.68. The average molecular weight is 276 g/mol. The Balaban J connectivity index is 2.02. The number of aromatic nitrogens is 1. The maximum absolute atomic E-state index is 12.9. The fourth-order valence-electron chi connectivity index (χ4n) is 1.70. The molecule has 4 heteroatoms. The minimum Gasteiger partial charge on any atom is -0.246 e. The predicted octanol–water partition coefficient (Wildman–Crippen LogP) is 4.06. The molecule has 2 nitrogen and oxygen atoms in total. The molecule has 0 radical (unpaired) electrons. The van der Waals surface area contributed by atoms with E-state index < -0.39 is 0 Å². The summed E-state index contributed by atoms with van der Waals surface area (Å²) in [5, 5.41) is 0.990. The van der Waals surface area contributed by atoms with Gasteiger partial charge in [-0.3, -0.25) is 0 Å². The molecule has 0 aliphatic carbocycles. The SMILES string of the molecule is CCN(Cc1ccc(F)cc1)Sc1cccc(C)n1. The number of halogens is 1. The second-order valence-electron chi connectivity index (χ2n) is 4.29. The van der Waals surface area contributed by atoms with Gasteiger partial charge in [-0.2, -0.15) is 0 Å². The smallest absolute Gasteiger partial charge is 0.123 e. The molecule has 0 bridgehead atoms. The van der Waals surface area contributed by atoms with Crippen LogP contribution in [0.25, 0.3) is 0 Å². The summed E-state index contributed by atoms with van der Waals surface area (Å²) in [7, 11) is 0. The maximum atomic E-state index is 12.9. The van der Waals surface area contributed by atoms with Crippen molar-refractivity contribution in [1.29, 1.82) is 0 Å². The fourth-order valence-corrected chi connectivity index (χ4v) is 2.63. The van der Waals surface area contributed by atoms with Gasteiger partial charge in [-0.15, -0.1) is 0 Å². The first-order valence-corrected chi connectivity index (χ1v) is 7.05. The molecule has 0 saturated carbocycles. The van der Waals surface area contributed by atoms with E-state index in [1.165, 1.54) is 12.1 Å². The van der Waals surface area contributed by atoms with Crippen molar-refractivity contribution < 1.29 is 4.39 Å². The Bertz CT molecular complexity index is 528. The Kier molecular flexibility index (Phi) is 4.93. The molecule has 0 amide bonds. The number of hydrogen-bond acceptors (Lipinski definition) is 3. The van der Waals surface area contributed by atoms with Crippen molar-refractivity contribution >= 4 is 11.9 Å². The molecule has 0 spiro atoms. The summed E-state index contributed by atoms with van der Waals surface area (Å²) in [5.74, 6) is -0.195. The van der Waals surface area contributed by atoms with Crippen LogP contribution in [-0.2, 0) is 6.54 Å². The van der Waals surface area contributed by atoms with Gasteiger partial charge in [-0.25, -0.2) is 13.7 Å². The highest BCUT2D eigenvalue weighted by atomic mass is 32.2. The van der Waals surface area contributed by atoms with Crippen LogP contribution >= 0.6 is 11.9 Å². The van der Waals surface area contributed by atoms with Crippen LogP contribution in [-0.4, -0.2) is 15.8 Å². The van der Waals surface area contributed by atoms with Crippen molar-refractivity contribution in [2.75, 3.05) is 6.54 Å². The van der Waals surface area contributed by atoms with Crippen molar-refractivity contribution in [3.05, 3.63) is 59.5 Å². The molecule has 1 aromatic carbocycles. The van der Waals surface area contributed by atoms with E-state index in [1.54, 1.807) is 11.9 Å². The van der Waals surface area contributed by atoms with Crippen LogP contribution in [0.4, 0.5) is 4.39 Å². The molecule has 2 aromatic rings. The van der Waals surface area contributed by atoms with Gasteiger partial charge in [0.1, 0.15) is 10.8 Å². The van der Waals surface area contributed by atoms with Crippen molar-refractivity contribution in [2.24, 2.45) is 0 Å². The lowest BCUT2D eigenvalue weighted by molar-refractivity contribution is 0.491. The molecule has 2 rings (SSSR count). The Hall–Kier alpha value is -1.39. The third-order valence-corrected chi connectivity index (χ3v) is 3.77. The number of nitrogens with zero attached hydrogens (tertiary/aromatic N) is 2. The van der Waals surface area contributed by atoms with Crippen LogP contribution in [0.3, 0.4) is 0 Å². The monoisotopic (exact) mass is 276 g/mol. The van der Waals surface area contributed by atoms with E-state index in [2.05, 4.69) is 16.2 Å². The molecule has 0 atom stereocenters. The molecule has 1 aromatic heterocycles. The van der Waals surface area contributed by atoms with Gasteiger partial charge in [0.2, 0.25) is 0 Å². The Morgan fingerprint density at radius 3 is 2.53 bits per heavy atom. The third kappa shape index (κ3) is 4.33. The number of hydrogen-bond donors (Lipinski definition) is 0. The van der Waals surface area contributed by atoms with E-state index in [9.17, 15) is 4.39 Å². The highest BCUT2D eigenvalue weighted by Crippen LogP contribution is 2.22. The van der Waals surface area contributed by atoms with Crippen LogP contribution in [0.2, 0.25) is 0 Å². The molecular weight excluding hydrogens is 259 g/mol. The molecule has 0 fully saturated rings. The molecule has 100 valence electrons. The molecule has 0 aliphatic heterocycles. The van der Waals surface area contributed by atoms with Gasteiger partial charge in [0.25, 0.3) is 0 Å². The van der Waals surface area contributed by atoms with E-state index in [4.69, 9.17) is 0 Å². The Labute approximate surface area is 117 Å². The van der Waals surface area contributed by atoms with Crippen molar-refractivity contribution in [2.45, 2.75) is 25.4 Å². The molecule has 0 aliphatic rings. The zero-order valence-electron chi connectivity index (χ0n) is 11.1. The maximum Gasteiger partial charge on any atom is 0.123 e. The first-order chi connectivity index (χ1) is 9.17. The summed E-state index contributed by atoms with van der Waals surface area (Å²) in [5.41, 5.74) is 2.12. The highest BCUT2D eigenvalue weighted by molar-refractivity contribution is 7.96. The second-order valence-corrected chi connectivity index (χ2v) is 5.41. The highest BCUT2D eigenvalue weighted by Gasteiger charge is 2.07. The van der Waals surface area contributed by atoms with Crippen LogP contribution in [0, 0.1) is 12.7 Å². The molecule has 0 unspecified atom stereocenters. The third-order valence-electron chi connectivity index (χ3n) is 2.71. The first kappa shape index (κ1) is 14.0. The molecular formula is C15H17FN2S. The van der Waals surface area contributed by atoms with Gasteiger partial charge in [-0.1, -0.05) is 25.1 Å². The minimum atomic E-state index is -0.195. The summed E-state index contributed by atoms with van der Waals surface area (Å²) in [4.78, 5) is 4.48. The van der Waals surface area contributed by atoms with E-state index in [0.717, 1.165) is 29.4 Å². The van der Waals surface area contributed by atoms with Crippen LogP contribution in [0.15, 0.2) is 47.5 Å². The molecule has 19 heavy (non-hydrogen) atoms. The van der Waals surface area contributed by atoms with E-state index in [1.807, 2.05) is 37.3 Å². The van der Waals surface area contributed by atoms with Gasteiger partial charge in [0.15, 0.2) is 0 Å². The van der Waals surface area contributed by atoms with Crippen LogP contribution < -0.4 is 0 Å². The first-order valence-electron chi connectivity index (χ1n) is 6.28.